The van der Waals surface area contributed by atoms with Crippen LogP contribution in [0.3, 0.4) is 0 Å². The molecule has 1 heterocycles. The number of hydrogen-bond acceptors (Lipinski definition) is 3. The van der Waals surface area contributed by atoms with Gasteiger partial charge in [-0.1, -0.05) is 30.3 Å². The van der Waals surface area contributed by atoms with E-state index in [9.17, 15) is 9.18 Å². The molecular formula is C26H27FN2O2. The molecule has 4 nitrogen and oxygen atoms in total. The van der Waals surface area contributed by atoms with Crippen LogP contribution in [-0.2, 0) is 24.3 Å². The monoisotopic (exact) mass is 418 g/mol. The molecule has 0 saturated heterocycles. The second-order valence-corrected chi connectivity index (χ2v) is 7.30. The summed E-state index contributed by atoms with van der Waals surface area (Å²) in [6, 6.07) is 18.1. The summed E-state index contributed by atoms with van der Waals surface area (Å²) in [5.41, 5.74) is 3.06. The zero-order valence-corrected chi connectivity index (χ0v) is 17.5. The van der Waals surface area contributed by atoms with E-state index in [2.05, 4.69) is 11.6 Å². The van der Waals surface area contributed by atoms with Crippen LogP contribution in [-0.4, -0.2) is 22.4 Å². The van der Waals surface area contributed by atoms with Gasteiger partial charge in [-0.15, -0.1) is 6.58 Å². The van der Waals surface area contributed by atoms with Crippen LogP contribution in [0.5, 0.6) is 5.75 Å². The number of aromatic nitrogens is 1. The quantitative estimate of drug-likeness (QED) is 0.395. The number of ether oxygens (including phenoxy) is 1. The third-order valence-electron chi connectivity index (χ3n) is 4.88. The van der Waals surface area contributed by atoms with Crippen molar-refractivity contribution >= 4 is 5.91 Å². The highest BCUT2D eigenvalue weighted by atomic mass is 19.1. The lowest BCUT2D eigenvalue weighted by Crippen LogP contribution is -2.29. The van der Waals surface area contributed by atoms with E-state index in [-0.39, 0.29) is 11.7 Å². The predicted molar refractivity (Wildman–Crippen MR) is 120 cm³/mol. The number of amides is 1. The summed E-state index contributed by atoms with van der Waals surface area (Å²) in [5.74, 6) is 0.595. The minimum Gasteiger partial charge on any atom is -0.493 e. The lowest BCUT2D eigenvalue weighted by Gasteiger charge is -2.23. The number of rotatable bonds is 11. The molecule has 0 aliphatic carbocycles. The molecule has 2 aromatic carbocycles. The van der Waals surface area contributed by atoms with Gasteiger partial charge in [-0.2, -0.15) is 0 Å². The molecule has 0 aliphatic rings. The molecule has 3 aromatic rings. The van der Waals surface area contributed by atoms with Crippen molar-refractivity contribution in [2.75, 3.05) is 6.61 Å². The van der Waals surface area contributed by atoms with Crippen molar-refractivity contribution in [3.63, 3.8) is 0 Å². The summed E-state index contributed by atoms with van der Waals surface area (Å²) >= 11 is 0. The molecule has 0 spiro atoms. The summed E-state index contributed by atoms with van der Waals surface area (Å²) < 4.78 is 18.9. The highest BCUT2D eigenvalue weighted by Crippen LogP contribution is 2.18. The van der Waals surface area contributed by atoms with Gasteiger partial charge >= 0.3 is 0 Å². The molecule has 0 aliphatic heterocycles. The van der Waals surface area contributed by atoms with Crippen LogP contribution < -0.4 is 4.74 Å². The molecule has 0 atom stereocenters. The first kappa shape index (κ1) is 22.2. The number of halogens is 1. The third-order valence-corrected chi connectivity index (χ3v) is 4.88. The molecule has 0 N–H and O–H groups in total. The maximum atomic E-state index is 13.0. The molecule has 0 bridgehead atoms. The number of carbonyl (C=O) groups is 1. The normalized spacial score (nSPS) is 10.5. The van der Waals surface area contributed by atoms with Gasteiger partial charge in [-0.05, 0) is 59.5 Å². The molecule has 5 heteroatoms. The molecule has 1 aromatic heterocycles. The second kappa shape index (κ2) is 11.6. The minimum atomic E-state index is -0.240. The Morgan fingerprint density at radius 1 is 1.00 bits per heavy atom. The van der Waals surface area contributed by atoms with Crippen LogP contribution in [0.4, 0.5) is 4.39 Å². The Morgan fingerprint density at radius 3 is 2.48 bits per heavy atom. The Balaban J connectivity index is 1.62. The van der Waals surface area contributed by atoms with E-state index >= 15 is 0 Å². The van der Waals surface area contributed by atoms with Gasteiger partial charge in [0, 0.05) is 38.3 Å². The van der Waals surface area contributed by atoms with E-state index < -0.39 is 0 Å². The lowest BCUT2D eigenvalue weighted by atomic mass is 10.1. The lowest BCUT2D eigenvalue weighted by molar-refractivity contribution is -0.132. The van der Waals surface area contributed by atoms with Gasteiger partial charge in [0.25, 0.3) is 0 Å². The van der Waals surface area contributed by atoms with Gasteiger partial charge in [0.1, 0.15) is 11.6 Å². The predicted octanol–water partition coefficient (Wildman–Crippen LogP) is 5.34. The van der Waals surface area contributed by atoms with Gasteiger partial charge in [0.15, 0.2) is 0 Å². The summed E-state index contributed by atoms with van der Waals surface area (Å²) in [7, 11) is 0. The number of carbonyl (C=O) groups excluding carboxylic acids is 1. The summed E-state index contributed by atoms with van der Waals surface area (Å²) in [4.78, 5) is 18.6. The largest absolute Gasteiger partial charge is 0.493 e. The molecule has 1 amide bonds. The van der Waals surface area contributed by atoms with Gasteiger partial charge in [-0.3, -0.25) is 9.78 Å². The average Bonchev–Trinajstić information content (AvgIpc) is 2.79. The standard InChI is InChI=1S/C26H27FN2O2/c1-2-3-7-26(30)29(19-22-12-15-28-16-13-22)20-23-5-4-6-25(18-23)31-17-14-21-8-10-24(27)11-9-21/h2,4-6,8-13,15-16,18H,1,3,7,14,17,19-20H2. The number of nitrogens with zero attached hydrogens (tertiary/aromatic N) is 2. The first-order valence-electron chi connectivity index (χ1n) is 10.4. The highest BCUT2D eigenvalue weighted by Gasteiger charge is 2.14. The van der Waals surface area contributed by atoms with Gasteiger partial charge in [-0.25, -0.2) is 4.39 Å². The van der Waals surface area contributed by atoms with Crippen molar-refractivity contribution < 1.29 is 13.9 Å². The average molecular weight is 419 g/mol. The van der Waals surface area contributed by atoms with Crippen LogP contribution in [0.25, 0.3) is 0 Å². The van der Waals surface area contributed by atoms with Crippen molar-refractivity contribution in [1.82, 2.24) is 9.88 Å². The maximum absolute atomic E-state index is 13.0. The van der Waals surface area contributed by atoms with Crippen LogP contribution in [0.2, 0.25) is 0 Å². The van der Waals surface area contributed by atoms with Gasteiger partial charge < -0.3 is 9.64 Å². The van der Waals surface area contributed by atoms with Gasteiger partial charge in [0.2, 0.25) is 5.91 Å². The Hall–Kier alpha value is -3.47. The van der Waals surface area contributed by atoms with Crippen LogP contribution in [0.15, 0.2) is 85.7 Å². The molecule has 0 saturated carbocycles. The van der Waals surface area contributed by atoms with Crippen molar-refractivity contribution in [3.05, 3.63) is 108 Å². The first-order valence-corrected chi connectivity index (χ1v) is 10.4. The number of pyridine rings is 1. The minimum absolute atomic E-state index is 0.0827. The molecular weight excluding hydrogens is 391 g/mol. The zero-order valence-electron chi connectivity index (χ0n) is 17.5. The molecule has 0 radical (unpaired) electrons. The molecule has 0 fully saturated rings. The maximum Gasteiger partial charge on any atom is 0.223 e. The van der Waals surface area contributed by atoms with Crippen molar-refractivity contribution in [3.8, 4) is 5.75 Å². The van der Waals surface area contributed by atoms with E-state index in [1.807, 2.05) is 41.3 Å². The highest BCUT2D eigenvalue weighted by molar-refractivity contribution is 5.76. The fourth-order valence-corrected chi connectivity index (χ4v) is 3.22. The fraction of sp³-hybridized carbons (Fsp3) is 0.231. The number of allylic oxidation sites excluding steroid dienone is 1. The molecule has 0 unspecified atom stereocenters. The Bertz CT molecular complexity index is 974. The first-order chi connectivity index (χ1) is 15.1. The summed E-state index contributed by atoms with van der Waals surface area (Å²) in [6.45, 7) is 5.22. The fourth-order valence-electron chi connectivity index (χ4n) is 3.22. The Kier molecular flexibility index (Phi) is 8.35. The van der Waals surface area contributed by atoms with E-state index in [0.29, 0.717) is 39.0 Å². The van der Waals surface area contributed by atoms with Gasteiger partial charge in [0.05, 0.1) is 6.61 Å². The molecule has 160 valence electrons. The van der Waals surface area contributed by atoms with Crippen LogP contribution >= 0.6 is 0 Å². The number of benzene rings is 2. The zero-order chi connectivity index (χ0) is 21.9. The Labute approximate surface area is 183 Å². The molecule has 3 rings (SSSR count). The summed E-state index contributed by atoms with van der Waals surface area (Å²) in [5, 5.41) is 0. The van der Waals surface area contributed by atoms with E-state index in [1.165, 1.54) is 12.1 Å². The topological polar surface area (TPSA) is 42.4 Å². The number of hydrogen-bond donors (Lipinski definition) is 0. The van der Waals surface area contributed by atoms with E-state index in [1.54, 1.807) is 30.6 Å². The third kappa shape index (κ3) is 7.37. The smallest absolute Gasteiger partial charge is 0.223 e. The van der Waals surface area contributed by atoms with Crippen LogP contribution in [0.1, 0.15) is 29.5 Å². The summed E-state index contributed by atoms with van der Waals surface area (Å²) in [6.07, 6.45) is 7.01. The van der Waals surface area contributed by atoms with Crippen molar-refractivity contribution in [1.29, 1.82) is 0 Å². The Morgan fingerprint density at radius 2 is 1.74 bits per heavy atom. The SMILES string of the molecule is C=CCCC(=O)N(Cc1ccncc1)Cc1cccc(OCCc2ccc(F)cc2)c1. The second-order valence-electron chi connectivity index (χ2n) is 7.30. The van der Waals surface area contributed by atoms with E-state index in [0.717, 1.165) is 22.4 Å². The van der Waals surface area contributed by atoms with E-state index in [4.69, 9.17) is 4.74 Å². The van der Waals surface area contributed by atoms with Crippen LogP contribution in [0, 0.1) is 5.82 Å². The van der Waals surface area contributed by atoms with Crippen molar-refractivity contribution in [2.24, 2.45) is 0 Å². The molecule has 31 heavy (non-hydrogen) atoms. The van der Waals surface area contributed by atoms with Crippen molar-refractivity contribution in [2.45, 2.75) is 32.4 Å².